The van der Waals surface area contributed by atoms with Crippen LogP contribution in [0, 0.1) is 5.92 Å². The first kappa shape index (κ1) is 28.6. The van der Waals surface area contributed by atoms with Crippen LogP contribution in [0.3, 0.4) is 0 Å². The molecule has 3 rings (SSSR count). The average Bonchev–Trinajstić information content (AvgIpc) is 3.56. The molecule has 1 saturated heterocycles. The number of carbonyl (C=O) groups excluding carboxylic acids is 3. The number of aromatic hydroxyl groups is 1. The molecule has 2 aromatic rings. The van der Waals surface area contributed by atoms with Gasteiger partial charge in [0.15, 0.2) is 0 Å². The Morgan fingerprint density at radius 3 is 2.45 bits per heavy atom. The molecule has 7 N–H and O–H groups in total. The lowest BCUT2D eigenvalue weighted by molar-refractivity contribution is -0.143. The largest absolute Gasteiger partial charge is 0.508 e. The van der Waals surface area contributed by atoms with Gasteiger partial charge in [-0.1, -0.05) is 26.0 Å². The number of rotatable bonds is 12. The maximum atomic E-state index is 13.3. The third-order valence-electron chi connectivity index (χ3n) is 6.48. The maximum absolute atomic E-state index is 13.3. The summed E-state index contributed by atoms with van der Waals surface area (Å²) in [7, 11) is 0. The normalized spacial score (nSPS) is 17.6. The van der Waals surface area contributed by atoms with Crippen molar-refractivity contribution in [3.8, 4) is 5.75 Å². The second-order valence-electron chi connectivity index (χ2n) is 10.0. The topological polar surface area (TPSA) is 191 Å². The zero-order valence-electron chi connectivity index (χ0n) is 21.6. The number of hydrogen-bond acceptors (Lipinski definition) is 7. The minimum absolute atomic E-state index is 0.0282. The summed E-state index contributed by atoms with van der Waals surface area (Å²) < 4.78 is 0. The summed E-state index contributed by atoms with van der Waals surface area (Å²) in [6.45, 7) is 4.32. The number of carboxylic acids is 1. The SMILES string of the molecule is CC(C)CC(N)C(=O)N1CCCC1C(=O)NC(Cc1ccc(O)cc1)C(=O)NC(Cc1cnc[nH]1)C(=O)O. The van der Waals surface area contributed by atoms with Crippen molar-refractivity contribution in [1.29, 1.82) is 0 Å². The van der Waals surface area contributed by atoms with Crippen LogP contribution in [0.25, 0.3) is 0 Å². The van der Waals surface area contributed by atoms with E-state index in [0.717, 1.165) is 0 Å². The number of imidazole rings is 1. The number of aromatic nitrogens is 2. The molecule has 0 saturated carbocycles. The maximum Gasteiger partial charge on any atom is 0.326 e. The lowest BCUT2D eigenvalue weighted by Crippen LogP contribution is -2.57. The van der Waals surface area contributed by atoms with Crippen LogP contribution in [0.4, 0.5) is 0 Å². The highest BCUT2D eigenvalue weighted by Crippen LogP contribution is 2.20. The molecule has 0 aliphatic carbocycles. The number of nitrogens with two attached hydrogens (primary N) is 1. The van der Waals surface area contributed by atoms with Gasteiger partial charge in [0.1, 0.15) is 23.9 Å². The molecule has 3 amide bonds. The molecular formula is C26H36N6O6. The van der Waals surface area contributed by atoms with E-state index < -0.39 is 42.0 Å². The molecule has 38 heavy (non-hydrogen) atoms. The first-order valence-corrected chi connectivity index (χ1v) is 12.7. The number of aliphatic carboxylic acids is 1. The zero-order valence-corrected chi connectivity index (χ0v) is 21.6. The van der Waals surface area contributed by atoms with Gasteiger partial charge < -0.3 is 36.5 Å². The molecule has 2 heterocycles. The quantitative estimate of drug-likeness (QED) is 0.227. The number of amides is 3. The molecule has 0 bridgehead atoms. The van der Waals surface area contributed by atoms with Crippen LogP contribution < -0.4 is 16.4 Å². The van der Waals surface area contributed by atoms with E-state index in [0.29, 0.717) is 37.1 Å². The van der Waals surface area contributed by atoms with E-state index in [-0.39, 0.29) is 30.4 Å². The number of carbonyl (C=O) groups is 4. The molecule has 4 unspecified atom stereocenters. The number of H-pyrrole nitrogens is 1. The van der Waals surface area contributed by atoms with E-state index in [1.807, 2.05) is 13.8 Å². The van der Waals surface area contributed by atoms with Gasteiger partial charge >= 0.3 is 5.97 Å². The van der Waals surface area contributed by atoms with Gasteiger partial charge in [-0.05, 0) is 42.9 Å². The van der Waals surface area contributed by atoms with Crippen LogP contribution in [0.5, 0.6) is 5.75 Å². The second-order valence-corrected chi connectivity index (χ2v) is 10.0. The Kier molecular flexibility index (Phi) is 9.83. The number of benzene rings is 1. The lowest BCUT2D eigenvalue weighted by atomic mass is 10.0. The van der Waals surface area contributed by atoms with E-state index in [4.69, 9.17) is 5.73 Å². The fraction of sp³-hybridized carbons (Fsp3) is 0.500. The molecule has 1 aliphatic heterocycles. The zero-order chi connectivity index (χ0) is 27.8. The Morgan fingerprint density at radius 2 is 1.84 bits per heavy atom. The van der Waals surface area contributed by atoms with E-state index in [9.17, 15) is 29.4 Å². The van der Waals surface area contributed by atoms with E-state index in [1.54, 1.807) is 12.1 Å². The minimum Gasteiger partial charge on any atom is -0.508 e. The van der Waals surface area contributed by atoms with Crippen molar-refractivity contribution in [2.75, 3.05) is 6.54 Å². The first-order valence-electron chi connectivity index (χ1n) is 12.7. The summed E-state index contributed by atoms with van der Waals surface area (Å²) in [5.74, 6) is -2.48. The highest BCUT2D eigenvalue weighted by Gasteiger charge is 2.38. The summed E-state index contributed by atoms with van der Waals surface area (Å²) in [6.07, 6.45) is 4.43. The summed E-state index contributed by atoms with van der Waals surface area (Å²) >= 11 is 0. The number of nitrogens with zero attached hydrogens (tertiary/aromatic N) is 2. The Labute approximate surface area is 221 Å². The molecule has 1 aliphatic rings. The van der Waals surface area contributed by atoms with Crippen molar-refractivity contribution in [2.24, 2.45) is 11.7 Å². The fourth-order valence-corrected chi connectivity index (χ4v) is 4.56. The molecule has 1 fully saturated rings. The smallest absolute Gasteiger partial charge is 0.326 e. The fourth-order valence-electron chi connectivity index (χ4n) is 4.56. The van der Waals surface area contributed by atoms with Crippen LogP contribution in [-0.4, -0.2) is 79.5 Å². The Hall–Kier alpha value is -3.93. The van der Waals surface area contributed by atoms with Crippen molar-refractivity contribution in [3.05, 3.63) is 48.0 Å². The Morgan fingerprint density at radius 1 is 1.13 bits per heavy atom. The van der Waals surface area contributed by atoms with Crippen molar-refractivity contribution < 1.29 is 29.4 Å². The number of aromatic amines is 1. The number of carboxylic acid groups (broad SMARTS) is 1. The predicted molar refractivity (Wildman–Crippen MR) is 138 cm³/mol. The number of phenols is 1. The molecule has 0 spiro atoms. The lowest BCUT2D eigenvalue weighted by Gasteiger charge is -2.29. The molecular weight excluding hydrogens is 492 g/mol. The van der Waals surface area contributed by atoms with E-state index in [1.165, 1.54) is 29.6 Å². The van der Waals surface area contributed by atoms with Crippen LogP contribution in [-0.2, 0) is 32.0 Å². The molecule has 12 heteroatoms. The Bertz CT molecular complexity index is 1100. The van der Waals surface area contributed by atoms with Gasteiger partial charge in [-0.15, -0.1) is 0 Å². The van der Waals surface area contributed by atoms with Crippen LogP contribution in [0.2, 0.25) is 0 Å². The molecule has 0 radical (unpaired) electrons. The molecule has 1 aromatic carbocycles. The van der Waals surface area contributed by atoms with Gasteiger partial charge in [-0.25, -0.2) is 9.78 Å². The number of hydrogen-bond donors (Lipinski definition) is 6. The van der Waals surface area contributed by atoms with E-state index >= 15 is 0 Å². The van der Waals surface area contributed by atoms with Crippen LogP contribution in [0.15, 0.2) is 36.8 Å². The summed E-state index contributed by atoms with van der Waals surface area (Å²) in [5, 5.41) is 24.5. The Balaban J connectivity index is 1.76. The molecule has 1 aromatic heterocycles. The first-order chi connectivity index (χ1) is 18.0. The van der Waals surface area contributed by atoms with Crippen LogP contribution in [0.1, 0.15) is 44.4 Å². The van der Waals surface area contributed by atoms with Crippen molar-refractivity contribution in [2.45, 2.75) is 70.1 Å². The van der Waals surface area contributed by atoms with Gasteiger partial charge in [0, 0.05) is 31.3 Å². The summed E-state index contributed by atoms with van der Waals surface area (Å²) in [6, 6.07) is 2.23. The summed E-state index contributed by atoms with van der Waals surface area (Å²) in [4.78, 5) is 59.6. The van der Waals surface area contributed by atoms with Gasteiger partial charge in [0.25, 0.3) is 0 Å². The van der Waals surface area contributed by atoms with Crippen molar-refractivity contribution in [3.63, 3.8) is 0 Å². The monoisotopic (exact) mass is 528 g/mol. The molecule has 206 valence electrons. The van der Waals surface area contributed by atoms with Crippen molar-refractivity contribution in [1.82, 2.24) is 25.5 Å². The van der Waals surface area contributed by atoms with Crippen LogP contribution >= 0.6 is 0 Å². The van der Waals surface area contributed by atoms with E-state index in [2.05, 4.69) is 20.6 Å². The van der Waals surface area contributed by atoms with Gasteiger partial charge in [-0.2, -0.15) is 0 Å². The van der Waals surface area contributed by atoms with Crippen molar-refractivity contribution >= 4 is 23.7 Å². The number of nitrogens with one attached hydrogen (secondary N) is 3. The van der Waals surface area contributed by atoms with Gasteiger partial charge in [0.05, 0.1) is 12.4 Å². The third kappa shape index (κ3) is 7.78. The second kappa shape index (κ2) is 13.0. The van der Waals surface area contributed by atoms with Gasteiger partial charge in [-0.3, -0.25) is 14.4 Å². The van der Waals surface area contributed by atoms with Gasteiger partial charge in [0.2, 0.25) is 17.7 Å². The minimum atomic E-state index is -1.26. The highest BCUT2D eigenvalue weighted by molar-refractivity contribution is 5.94. The summed E-state index contributed by atoms with van der Waals surface area (Å²) in [5.41, 5.74) is 7.26. The number of phenolic OH excluding ortho intramolecular Hbond substituents is 1. The highest BCUT2D eigenvalue weighted by atomic mass is 16.4. The number of likely N-dealkylation sites (tertiary alicyclic amines) is 1. The predicted octanol–water partition coefficient (Wildman–Crippen LogP) is 0.319. The average molecular weight is 529 g/mol. The third-order valence-corrected chi connectivity index (χ3v) is 6.48. The molecule has 12 nitrogen and oxygen atoms in total. The standard InChI is InChI=1S/C26H36N6O6/c1-15(2)10-19(27)25(36)32-9-3-4-22(32)24(35)30-20(11-16-5-7-18(33)8-6-16)23(34)31-21(26(37)38)12-17-13-28-14-29-17/h5-8,13-15,19-22,33H,3-4,9-12,27H2,1-2H3,(H,28,29)(H,30,35)(H,31,34)(H,37,38). The molecule has 4 atom stereocenters.